The van der Waals surface area contributed by atoms with Crippen molar-refractivity contribution >= 4 is 0 Å². The van der Waals surface area contributed by atoms with E-state index in [1.807, 2.05) is 0 Å². The first-order valence-corrected chi connectivity index (χ1v) is 6.71. The topological polar surface area (TPSA) is 24.5 Å². The fourth-order valence-corrected chi connectivity index (χ4v) is 2.41. The molecule has 1 heterocycles. The minimum absolute atomic E-state index is 0.380. The van der Waals surface area contributed by atoms with Crippen molar-refractivity contribution in [3.63, 3.8) is 0 Å². The molecule has 16 heavy (non-hydrogen) atoms. The Hall–Kier alpha value is -0.120. The van der Waals surface area contributed by atoms with Crippen LogP contribution >= 0.6 is 0 Å². The van der Waals surface area contributed by atoms with Crippen molar-refractivity contribution in [2.75, 3.05) is 32.8 Å². The van der Waals surface area contributed by atoms with E-state index >= 15 is 0 Å². The fraction of sp³-hybridized carbons (Fsp3) is 1.00. The first-order chi connectivity index (χ1) is 7.65. The number of likely N-dealkylation sites (N-methyl/N-ethyl adjacent to an activating group) is 1. The molecule has 1 saturated heterocycles. The van der Waals surface area contributed by atoms with E-state index in [-0.39, 0.29) is 0 Å². The molecule has 3 heteroatoms. The standard InChI is InChI=1S/C13H28N2O/c1-5-14-9-13(11(2)3)15-7-6-8-16-12(4)10-15/h11-14H,5-10H2,1-4H3. The number of ether oxygens (including phenoxy) is 1. The number of hydrogen-bond acceptors (Lipinski definition) is 3. The summed E-state index contributed by atoms with van der Waals surface area (Å²) in [7, 11) is 0. The molecule has 1 N–H and O–H groups in total. The third-order valence-corrected chi connectivity index (χ3v) is 3.33. The molecule has 1 fully saturated rings. The normalized spacial score (nSPS) is 25.7. The molecule has 2 atom stereocenters. The Morgan fingerprint density at radius 3 is 2.81 bits per heavy atom. The molecule has 1 aliphatic rings. The van der Waals surface area contributed by atoms with Crippen LogP contribution in [-0.2, 0) is 4.74 Å². The lowest BCUT2D eigenvalue weighted by Crippen LogP contribution is -2.47. The van der Waals surface area contributed by atoms with Gasteiger partial charge in [0.15, 0.2) is 0 Å². The second-order valence-electron chi connectivity index (χ2n) is 5.15. The highest BCUT2D eigenvalue weighted by atomic mass is 16.5. The van der Waals surface area contributed by atoms with Crippen LogP contribution in [-0.4, -0.2) is 49.8 Å². The fourth-order valence-electron chi connectivity index (χ4n) is 2.41. The van der Waals surface area contributed by atoms with Crippen molar-refractivity contribution in [2.24, 2.45) is 5.92 Å². The van der Waals surface area contributed by atoms with Gasteiger partial charge >= 0.3 is 0 Å². The van der Waals surface area contributed by atoms with Crippen LogP contribution in [0.3, 0.4) is 0 Å². The molecule has 0 aliphatic carbocycles. The van der Waals surface area contributed by atoms with Crippen molar-refractivity contribution in [1.82, 2.24) is 10.2 Å². The Morgan fingerprint density at radius 2 is 2.19 bits per heavy atom. The van der Waals surface area contributed by atoms with Crippen LogP contribution in [0.4, 0.5) is 0 Å². The Labute approximate surface area is 101 Å². The summed E-state index contributed by atoms with van der Waals surface area (Å²) in [5, 5.41) is 3.48. The van der Waals surface area contributed by atoms with Crippen LogP contribution in [0.5, 0.6) is 0 Å². The molecule has 0 amide bonds. The molecule has 96 valence electrons. The minimum atomic E-state index is 0.380. The second-order valence-corrected chi connectivity index (χ2v) is 5.15. The Kier molecular flexibility index (Phi) is 6.32. The number of hydrogen-bond donors (Lipinski definition) is 1. The molecular formula is C13H28N2O. The van der Waals surface area contributed by atoms with Gasteiger partial charge in [0.1, 0.15) is 0 Å². The average Bonchev–Trinajstić information content (AvgIpc) is 2.43. The van der Waals surface area contributed by atoms with Crippen LogP contribution in [0.1, 0.15) is 34.1 Å². The van der Waals surface area contributed by atoms with E-state index < -0.39 is 0 Å². The van der Waals surface area contributed by atoms with Gasteiger partial charge in [-0.15, -0.1) is 0 Å². The van der Waals surface area contributed by atoms with E-state index in [4.69, 9.17) is 4.74 Å². The highest BCUT2D eigenvalue weighted by Gasteiger charge is 2.24. The summed E-state index contributed by atoms with van der Waals surface area (Å²) in [4.78, 5) is 2.60. The third-order valence-electron chi connectivity index (χ3n) is 3.33. The molecule has 0 bridgehead atoms. The molecule has 1 rings (SSSR count). The quantitative estimate of drug-likeness (QED) is 0.775. The van der Waals surface area contributed by atoms with Gasteiger partial charge in [0.2, 0.25) is 0 Å². The zero-order valence-corrected chi connectivity index (χ0v) is 11.3. The van der Waals surface area contributed by atoms with Crippen molar-refractivity contribution in [1.29, 1.82) is 0 Å². The second kappa shape index (κ2) is 7.25. The number of nitrogens with zero attached hydrogens (tertiary/aromatic N) is 1. The molecule has 0 aromatic heterocycles. The maximum Gasteiger partial charge on any atom is 0.0674 e. The third kappa shape index (κ3) is 4.40. The van der Waals surface area contributed by atoms with E-state index in [0.29, 0.717) is 18.1 Å². The summed E-state index contributed by atoms with van der Waals surface area (Å²) in [6.07, 6.45) is 1.55. The first-order valence-electron chi connectivity index (χ1n) is 6.71. The van der Waals surface area contributed by atoms with E-state index in [9.17, 15) is 0 Å². The van der Waals surface area contributed by atoms with E-state index in [2.05, 4.69) is 37.9 Å². The maximum atomic E-state index is 5.71. The molecule has 0 aromatic carbocycles. The molecule has 0 saturated carbocycles. The van der Waals surface area contributed by atoms with Gasteiger partial charge in [-0.25, -0.2) is 0 Å². The maximum absolute atomic E-state index is 5.71. The van der Waals surface area contributed by atoms with Gasteiger partial charge in [-0.1, -0.05) is 20.8 Å². The van der Waals surface area contributed by atoms with Crippen LogP contribution in [0.25, 0.3) is 0 Å². The van der Waals surface area contributed by atoms with Crippen LogP contribution < -0.4 is 5.32 Å². The van der Waals surface area contributed by atoms with Gasteiger partial charge in [0.05, 0.1) is 6.10 Å². The molecule has 0 spiro atoms. The van der Waals surface area contributed by atoms with Crippen LogP contribution in [0, 0.1) is 5.92 Å². The predicted octanol–water partition coefficient (Wildman–Crippen LogP) is 1.73. The molecule has 1 aliphatic heterocycles. The summed E-state index contributed by atoms with van der Waals surface area (Å²) < 4.78 is 5.71. The number of rotatable bonds is 5. The molecule has 2 unspecified atom stereocenters. The first kappa shape index (κ1) is 13.9. The lowest BCUT2D eigenvalue weighted by Gasteiger charge is -2.34. The Balaban J connectivity index is 2.53. The predicted molar refractivity (Wildman–Crippen MR) is 68.8 cm³/mol. The zero-order valence-electron chi connectivity index (χ0n) is 11.3. The molecule has 3 nitrogen and oxygen atoms in total. The van der Waals surface area contributed by atoms with E-state index in [1.54, 1.807) is 0 Å². The van der Waals surface area contributed by atoms with Crippen molar-refractivity contribution in [3.8, 4) is 0 Å². The highest BCUT2D eigenvalue weighted by Crippen LogP contribution is 2.15. The van der Waals surface area contributed by atoms with Gasteiger partial charge in [-0.05, 0) is 25.8 Å². The Morgan fingerprint density at radius 1 is 1.44 bits per heavy atom. The van der Waals surface area contributed by atoms with Gasteiger partial charge in [0.25, 0.3) is 0 Å². The molecular weight excluding hydrogens is 200 g/mol. The summed E-state index contributed by atoms with van der Waals surface area (Å²) in [5.41, 5.74) is 0. The highest BCUT2D eigenvalue weighted by molar-refractivity contribution is 4.80. The minimum Gasteiger partial charge on any atom is -0.377 e. The average molecular weight is 228 g/mol. The summed E-state index contributed by atoms with van der Waals surface area (Å²) in [6, 6.07) is 0.643. The smallest absolute Gasteiger partial charge is 0.0674 e. The molecule has 0 radical (unpaired) electrons. The summed E-state index contributed by atoms with van der Waals surface area (Å²) in [6.45, 7) is 14.3. The summed E-state index contributed by atoms with van der Waals surface area (Å²) >= 11 is 0. The van der Waals surface area contributed by atoms with Crippen molar-refractivity contribution < 1.29 is 4.74 Å². The lowest BCUT2D eigenvalue weighted by molar-refractivity contribution is 0.0553. The van der Waals surface area contributed by atoms with Gasteiger partial charge < -0.3 is 10.1 Å². The SMILES string of the molecule is CCNCC(C(C)C)N1CCCOC(C)C1. The van der Waals surface area contributed by atoms with Gasteiger partial charge in [0, 0.05) is 32.3 Å². The summed E-state index contributed by atoms with van der Waals surface area (Å²) in [5.74, 6) is 0.698. The molecule has 0 aromatic rings. The van der Waals surface area contributed by atoms with Crippen molar-refractivity contribution in [2.45, 2.75) is 46.3 Å². The largest absolute Gasteiger partial charge is 0.377 e. The van der Waals surface area contributed by atoms with Crippen LogP contribution in [0.2, 0.25) is 0 Å². The zero-order chi connectivity index (χ0) is 12.0. The van der Waals surface area contributed by atoms with Crippen LogP contribution in [0.15, 0.2) is 0 Å². The van der Waals surface area contributed by atoms with E-state index in [0.717, 1.165) is 26.2 Å². The van der Waals surface area contributed by atoms with E-state index in [1.165, 1.54) is 13.0 Å². The number of nitrogens with one attached hydrogen (secondary N) is 1. The monoisotopic (exact) mass is 228 g/mol. The van der Waals surface area contributed by atoms with Crippen molar-refractivity contribution in [3.05, 3.63) is 0 Å². The van der Waals surface area contributed by atoms with Gasteiger partial charge in [-0.3, -0.25) is 4.90 Å². The van der Waals surface area contributed by atoms with Gasteiger partial charge in [-0.2, -0.15) is 0 Å². The lowest BCUT2D eigenvalue weighted by atomic mass is 10.0. The Bertz CT molecular complexity index is 185.